The number of carbonyl (C=O) groups excluding carboxylic acids is 2. The number of fused-ring (bicyclic) bond motifs is 2. The fourth-order valence-corrected chi connectivity index (χ4v) is 4.76. The average molecular weight is 418 g/mol. The van der Waals surface area contributed by atoms with Crippen LogP contribution in [0.25, 0.3) is 10.9 Å². The van der Waals surface area contributed by atoms with Gasteiger partial charge in [-0.1, -0.05) is 12.1 Å². The molecule has 160 valence electrons. The summed E-state index contributed by atoms with van der Waals surface area (Å²) >= 11 is 0. The topological polar surface area (TPSA) is 90.1 Å². The molecule has 0 bridgehead atoms. The van der Waals surface area contributed by atoms with Gasteiger partial charge in [-0.25, -0.2) is 0 Å². The van der Waals surface area contributed by atoms with E-state index in [1.165, 1.54) is 24.0 Å². The van der Waals surface area contributed by atoms with E-state index in [-0.39, 0.29) is 17.7 Å². The summed E-state index contributed by atoms with van der Waals surface area (Å²) < 4.78 is 0. The molecule has 1 aromatic heterocycles. The molecule has 2 amide bonds. The van der Waals surface area contributed by atoms with Crippen molar-refractivity contribution in [3.8, 4) is 0 Å². The number of aromatic amines is 1. The Labute approximate surface area is 181 Å². The third kappa shape index (κ3) is 4.00. The lowest BCUT2D eigenvalue weighted by Crippen LogP contribution is -2.46. The van der Waals surface area contributed by atoms with E-state index in [1.807, 2.05) is 30.3 Å². The number of anilines is 1. The van der Waals surface area contributed by atoms with E-state index in [4.69, 9.17) is 0 Å². The summed E-state index contributed by atoms with van der Waals surface area (Å²) in [6, 6.07) is 11.8. The van der Waals surface area contributed by atoms with Crippen LogP contribution in [0.2, 0.25) is 0 Å². The highest BCUT2D eigenvalue weighted by Crippen LogP contribution is 2.27. The van der Waals surface area contributed by atoms with Crippen molar-refractivity contribution in [2.24, 2.45) is 5.92 Å². The Bertz CT molecular complexity index is 1120. The minimum atomic E-state index is -0.220. The number of aromatic nitrogens is 2. The van der Waals surface area contributed by atoms with Gasteiger partial charge in [0.2, 0.25) is 5.91 Å². The van der Waals surface area contributed by atoms with Crippen LogP contribution in [-0.2, 0) is 17.6 Å². The molecular weight excluding hydrogens is 390 g/mol. The molecule has 1 saturated heterocycles. The molecule has 0 radical (unpaired) electrons. The Morgan fingerprint density at radius 3 is 2.94 bits per heavy atom. The van der Waals surface area contributed by atoms with E-state index in [2.05, 4.69) is 27.1 Å². The Morgan fingerprint density at radius 2 is 2.00 bits per heavy atom. The lowest BCUT2D eigenvalue weighted by Gasteiger charge is -2.32. The van der Waals surface area contributed by atoms with Crippen LogP contribution in [0.15, 0.2) is 42.6 Å². The highest BCUT2D eigenvalue weighted by Gasteiger charge is 2.29. The number of hydrazine groups is 1. The third-order valence-electron chi connectivity index (χ3n) is 6.48. The first kappa shape index (κ1) is 19.6. The molecule has 2 heterocycles. The summed E-state index contributed by atoms with van der Waals surface area (Å²) in [4.78, 5) is 27.7. The summed E-state index contributed by atoms with van der Waals surface area (Å²) in [5, 5.41) is 7.82. The van der Waals surface area contributed by atoms with Gasteiger partial charge in [0.05, 0.1) is 23.3 Å². The van der Waals surface area contributed by atoms with Crippen molar-refractivity contribution < 1.29 is 9.59 Å². The number of rotatable bonds is 4. The molecule has 3 aromatic rings. The smallest absolute Gasteiger partial charge is 0.253 e. The van der Waals surface area contributed by atoms with Gasteiger partial charge < -0.3 is 4.90 Å². The summed E-state index contributed by atoms with van der Waals surface area (Å²) in [5.74, 6) is -0.315. The highest BCUT2D eigenvalue weighted by atomic mass is 16.2. The Hall–Kier alpha value is -3.35. The Morgan fingerprint density at radius 1 is 1.10 bits per heavy atom. The molecule has 0 spiro atoms. The van der Waals surface area contributed by atoms with Crippen LogP contribution in [0.5, 0.6) is 0 Å². The zero-order valence-corrected chi connectivity index (χ0v) is 17.5. The van der Waals surface area contributed by atoms with Gasteiger partial charge in [0, 0.05) is 24.0 Å². The molecule has 0 saturated carbocycles. The van der Waals surface area contributed by atoms with Crippen LogP contribution in [0, 0.1) is 5.92 Å². The van der Waals surface area contributed by atoms with Gasteiger partial charge in [0.25, 0.3) is 5.91 Å². The second-order valence-electron chi connectivity index (χ2n) is 8.53. The van der Waals surface area contributed by atoms with Crippen LogP contribution in [0.1, 0.15) is 47.2 Å². The van der Waals surface area contributed by atoms with Crippen LogP contribution < -0.4 is 10.9 Å². The number of H-pyrrole nitrogens is 1. The van der Waals surface area contributed by atoms with E-state index in [9.17, 15) is 9.59 Å². The van der Waals surface area contributed by atoms with Gasteiger partial charge >= 0.3 is 0 Å². The zero-order chi connectivity index (χ0) is 21.2. The van der Waals surface area contributed by atoms with E-state index in [0.29, 0.717) is 18.7 Å². The molecule has 31 heavy (non-hydrogen) atoms. The molecule has 7 heteroatoms. The molecule has 1 aliphatic carbocycles. The number of piperidine rings is 1. The van der Waals surface area contributed by atoms with Crippen LogP contribution >= 0.6 is 0 Å². The third-order valence-corrected chi connectivity index (χ3v) is 6.48. The fraction of sp³-hybridized carbons (Fsp3) is 0.375. The Kier molecular flexibility index (Phi) is 5.32. The quantitative estimate of drug-likeness (QED) is 0.567. The van der Waals surface area contributed by atoms with E-state index in [0.717, 1.165) is 42.3 Å². The van der Waals surface area contributed by atoms with Gasteiger partial charge in [-0.05, 0) is 73.9 Å². The van der Waals surface area contributed by atoms with Gasteiger partial charge in [-0.15, -0.1) is 0 Å². The van der Waals surface area contributed by atoms with Crippen molar-refractivity contribution in [3.63, 3.8) is 0 Å². The average Bonchev–Trinajstić information content (AvgIpc) is 3.30. The van der Waals surface area contributed by atoms with Crippen molar-refractivity contribution in [1.82, 2.24) is 20.5 Å². The maximum atomic E-state index is 13.0. The number of nitrogens with zero attached hydrogens (tertiary/aromatic N) is 2. The van der Waals surface area contributed by atoms with Gasteiger partial charge in [0.15, 0.2) is 0 Å². The molecule has 7 nitrogen and oxygen atoms in total. The monoisotopic (exact) mass is 417 g/mol. The molecule has 3 N–H and O–H groups in total. The summed E-state index contributed by atoms with van der Waals surface area (Å²) in [6.07, 6.45) is 7.87. The maximum absolute atomic E-state index is 13.0. The first-order valence-corrected chi connectivity index (χ1v) is 11.1. The van der Waals surface area contributed by atoms with Crippen molar-refractivity contribution in [1.29, 1.82) is 0 Å². The Balaban J connectivity index is 1.23. The standard InChI is InChI=1S/C24H27N5O2/c30-23(28-27-22-9-3-6-16-5-1-2-8-20(16)22)18-7-4-12-29(15-18)24(31)17-10-11-21-19(13-17)14-25-26-21/h3,6,9-11,13-14,18,27H,1-2,4-5,7-8,12,15H2,(H,25,26)(H,28,30). The predicted molar refractivity (Wildman–Crippen MR) is 120 cm³/mol. The van der Waals surface area contributed by atoms with Crippen LogP contribution in [-0.4, -0.2) is 40.0 Å². The van der Waals surface area contributed by atoms with Gasteiger partial charge in [0.1, 0.15) is 0 Å². The van der Waals surface area contributed by atoms with E-state index >= 15 is 0 Å². The minimum absolute atomic E-state index is 0.0364. The molecule has 1 unspecified atom stereocenters. The number of aryl methyl sites for hydroxylation is 1. The summed E-state index contributed by atoms with van der Waals surface area (Å²) in [7, 11) is 0. The molecule has 1 fully saturated rings. The maximum Gasteiger partial charge on any atom is 0.253 e. The van der Waals surface area contributed by atoms with Crippen molar-refractivity contribution in [2.75, 3.05) is 18.5 Å². The number of benzene rings is 2. The van der Waals surface area contributed by atoms with Crippen molar-refractivity contribution >= 4 is 28.4 Å². The van der Waals surface area contributed by atoms with Crippen molar-refractivity contribution in [2.45, 2.75) is 38.5 Å². The number of nitrogens with one attached hydrogen (secondary N) is 3. The predicted octanol–water partition coefficient (Wildman–Crippen LogP) is 3.44. The van der Waals surface area contributed by atoms with Gasteiger partial charge in [-0.2, -0.15) is 5.10 Å². The molecule has 2 aliphatic rings. The first-order chi connectivity index (χ1) is 15.2. The van der Waals surface area contributed by atoms with Crippen LogP contribution in [0.3, 0.4) is 0 Å². The highest BCUT2D eigenvalue weighted by molar-refractivity contribution is 5.98. The largest absolute Gasteiger partial charge is 0.338 e. The molecule has 1 atom stereocenters. The number of hydrogen-bond donors (Lipinski definition) is 3. The van der Waals surface area contributed by atoms with Crippen LogP contribution in [0.4, 0.5) is 5.69 Å². The lowest BCUT2D eigenvalue weighted by atomic mass is 9.90. The first-order valence-electron chi connectivity index (χ1n) is 11.1. The number of carbonyl (C=O) groups is 2. The van der Waals surface area contributed by atoms with E-state index in [1.54, 1.807) is 11.1 Å². The number of hydrogen-bond acceptors (Lipinski definition) is 4. The number of amides is 2. The van der Waals surface area contributed by atoms with Gasteiger partial charge in [-0.3, -0.25) is 25.5 Å². The molecule has 2 aromatic carbocycles. The zero-order valence-electron chi connectivity index (χ0n) is 17.5. The normalized spacial score (nSPS) is 18.5. The summed E-state index contributed by atoms with van der Waals surface area (Å²) in [6.45, 7) is 1.11. The molecule has 1 aliphatic heterocycles. The number of likely N-dealkylation sites (tertiary alicyclic amines) is 1. The molecular formula is C24H27N5O2. The minimum Gasteiger partial charge on any atom is -0.338 e. The SMILES string of the molecule is O=C(NNc1cccc2c1CCCC2)C1CCCN(C(=O)c2ccc3[nH]ncc3c2)C1. The second-order valence-corrected chi connectivity index (χ2v) is 8.53. The van der Waals surface area contributed by atoms with Crippen molar-refractivity contribution in [3.05, 3.63) is 59.3 Å². The van der Waals surface area contributed by atoms with E-state index < -0.39 is 0 Å². The molecule has 5 rings (SSSR count). The second kappa shape index (κ2) is 8.41. The lowest BCUT2D eigenvalue weighted by molar-refractivity contribution is -0.125. The fourth-order valence-electron chi connectivity index (χ4n) is 4.76. The summed E-state index contributed by atoms with van der Waals surface area (Å²) in [5.41, 5.74) is 11.2.